The molecule has 2 heterocycles. The first-order valence-corrected chi connectivity index (χ1v) is 9.24. The van der Waals surface area contributed by atoms with Crippen molar-refractivity contribution >= 4 is 31.4 Å². The zero-order valence-electron chi connectivity index (χ0n) is 11.5. The van der Waals surface area contributed by atoms with E-state index in [1.165, 1.54) is 24.7 Å². The third kappa shape index (κ3) is 3.16. The summed E-state index contributed by atoms with van der Waals surface area (Å²) >= 11 is 0. The molecule has 0 bridgehead atoms. The number of fused-ring (bicyclic) bond motifs is 1. The molecule has 0 saturated heterocycles. The molecular weight excluding hydrogens is 342 g/mol. The Balaban J connectivity index is 1.91. The van der Waals surface area contributed by atoms with Crippen molar-refractivity contribution in [3.8, 4) is 0 Å². The average molecular weight is 353 g/mol. The molecule has 0 amide bonds. The van der Waals surface area contributed by atoms with E-state index in [1.54, 1.807) is 16.5 Å². The molecule has 0 saturated carbocycles. The summed E-state index contributed by atoms with van der Waals surface area (Å²) in [5, 5.41) is 12.5. The lowest BCUT2D eigenvalue weighted by atomic mass is 10.4. The number of benzene rings is 1. The van der Waals surface area contributed by atoms with Crippen LogP contribution in [0.5, 0.6) is 0 Å². The van der Waals surface area contributed by atoms with Crippen molar-refractivity contribution < 1.29 is 16.8 Å². The second-order valence-electron chi connectivity index (χ2n) is 4.64. The van der Waals surface area contributed by atoms with E-state index in [4.69, 9.17) is 5.14 Å². The first kappa shape index (κ1) is 15.4. The number of hydrogen-bond donors (Lipinski definition) is 2. The fourth-order valence-corrected chi connectivity index (χ4v) is 3.47. The molecule has 0 spiro atoms. The molecule has 2 aromatic heterocycles. The van der Waals surface area contributed by atoms with Crippen molar-refractivity contribution in [2.24, 2.45) is 5.14 Å². The van der Waals surface area contributed by atoms with Crippen molar-refractivity contribution in [2.45, 2.75) is 9.79 Å². The predicted molar refractivity (Wildman–Crippen MR) is 81.6 cm³/mol. The summed E-state index contributed by atoms with van der Waals surface area (Å²) in [4.78, 5) is -0.254. The number of nitrogens with one attached hydrogen (secondary N) is 1. The summed E-state index contributed by atoms with van der Waals surface area (Å²) in [6.45, 7) is 0. The van der Waals surface area contributed by atoms with E-state index in [0.29, 0.717) is 11.3 Å². The van der Waals surface area contributed by atoms with Gasteiger partial charge in [-0.2, -0.15) is 0 Å². The molecular formula is C12H11N5O4S2. The highest BCUT2D eigenvalue weighted by Crippen LogP contribution is 2.18. The fourth-order valence-electron chi connectivity index (χ4n) is 1.91. The van der Waals surface area contributed by atoms with E-state index in [9.17, 15) is 16.8 Å². The van der Waals surface area contributed by atoms with Gasteiger partial charge in [-0.3, -0.25) is 9.12 Å². The predicted octanol–water partition coefficient (Wildman–Crippen LogP) is 0.177. The summed E-state index contributed by atoms with van der Waals surface area (Å²) in [5.41, 5.74) is 0.887. The SMILES string of the molecule is NS(=O)(=O)c1ccc(S(=O)(=O)Nc2ccc3nncn3c2)cc1. The minimum atomic E-state index is -3.87. The summed E-state index contributed by atoms with van der Waals surface area (Å²) < 4.78 is 50.9. The largest absolute Gasteiger partial charge is 0.287 e. The summed E-state index contributed by atoms with van der Waals surface area (Å²) in [5.74, 6) is 0. The third-order valence-electron chi connectivity index (χ3n) is 3.01. The normalized spacial score (nSPS) is 12.4. The number of nitrogens with two attached hydrogens (primary N) is 1. The van der Waals surface area contributed by atoms with E-state index in [0.717, 1.165) is 12.1 Å². The van der Waals surface area contributed by atoms with E-state index in [2.05, 4.69) is 14.9 Å². The van der Waals surface area contributed by atoms with Crippen LogP contribution in [0.2, 0.25) is 0 Å². The van der Waals surface area contributed by atoms with Gasteiger partial charge < -0.3 is 0 Å². The van der Waals surface area contributed by atoms with Crippen molar-refractivity contribution in [3.63, 3.8) is 0 Å². The molecule has 0 atom stereocenters. The number of nitrogens with zero attached hydrogens (tertiary/aromatic N) is 3. The van der Waals surface area contributed by atoms with Gasteiger partial charge in [-0.1, -0.05) is 0 Å². The quantitative estimate of drug-likeness (QED) is 0.686. The molecule has 9 nitrogen and oxygen atoms in total. The number of primary sulfonamides is 1. The van der Waals surface area contributed by atoms with Gasteiger partial charge in [0.05, 0.1) is 15.5 Å². The van der Waals surface area contributed by atoms with Crippen LogP contribution in [0, 0.1) is 0 Å². The Bertz CT molecular complexity index is 1070. The van der Waals surface area contributed by atoms with Crippen molar-refractivity contribution in [1.82, 2.24) is 14.6 Å². The molecule has 3 rings (SSSR count). The van der Waals surface area contributed by atoms with Gasteiger partial charge in [-0.05, 0) is 36.4 Å². The molecule has 0 aliphatic heterocycles. The number of sulfonamides is 2. The molecule has 0 unspecified atom stereocenters. The van der Waals surface area contributed by atoms with Crippen molar-refractivity contribution in [1.29, 1.82) is 0 Å². The van der Waals surface area contributed by atoms with Crippen LogP contribution in [0.15, 0.2) is 58.7 Å². The van der Waals surface area contributed by atoms with Crippen LogP contribution in [-0.2, 0) is 20.0 Å². The minimum Gasteiger partial charge on any atom is -0.287 e. The van der Waals surface area contributed by atoms with Crippen LogP contribution in [0.4, 0.5) is 5.69 Å². The Morgan fingerprint density at radius 3 is 2.26 bits per heavy atom. The summed E-state index contributed by atoms with van der Waals surface area (Å²) in [7, 11) is -7.74. The van der Waals surface area contributed by atoms with Crippen molar-refractivity contribution in [3.05, 3.63) is 48.9 Å². The van der Waals surface area contributed by atoms with Gasteiger partial charge >= 0.3 is 0 Å². The van der Waals surface area contributed by atoms with Gasteiger partial charge in [0.1, 0.15) is 6.33 Å². The number of aromatic nitrogens is 3. The molecule has 3 aromatic rings. The maximum atomic E-state index is 12.3. The molecule has 11 heteroatoms. The second kappa shape index (κ2) is 5.30. The maximum absolute atomic E-state index is 12.3. The highest BCUT2D eigenvalue weighted by Gasteiger charge is 2.16. The lowest BCUT2D eigenvalue weighted by Gasteiger charge is -2.08. The highest BCUT2D eigenvalue weighted by molar-refractivity contribution is 7.92. The fraction of sp³-hybridized carbons (Fsp3) is 0. The highest BCUT2D eigenvalue weighted by atomic mass is 32.2. The molecule has 0 fully saturated rings. The Morgan fingerprint density at radius 2 is 1.61 bits per heavy atom. The summed E-state index contributed by atoms with van der Waals surface area (Å²) in [6.07, 6.45) is 2.96. The van der Waals surface area contributed by atoms with Gasteiger partial charge in [-0.15, -0.1) is 10.2 Å². The van der Waals surface area contributed by atoms with E-state index < -0.39 is 20.0 Å². The van der Waals surface area contributed by atoms with Crippen LogP contribution < -0.4 is 9.86 Å². The third-order valence-corrected chi connectivity index (χ3v) is 5.33. The zero-order valence-corrected chi connectivity index (χ0v) is 13.1. The standard InChI is InChI=1S/C12H11N5O4S2/c13-22(18,19)10-2-4-11(5-3-10)23(20,21)16-9-1-6-12-15-14-8-17(12)7-9/h1-8,16H,(H2,13,18,19). The smallest absolute Gasteiger partial charge is 0.261 e. The van der Waals surface area contributed by atoms with Crippen LogP contribution in [0.25, 0.3) is 5.65 Å². The topological polar surface area (TPSA) is 137 Å². The Kier molecular flexibility index (Phi) is 3.55. The second-order valence-corrected chi connectivity index (χ2v) is 7.88. The van der Waals surface area contributed by atoms with Crippen molar-refractivity contribution in [2.75, 3.05) is 4.72 Å². The molecule has 0 aliphatic rings. The Labute approximate surface area is 131 Å². The first-order chi connectivity index (χ1) is 10.8. The molecule has 23 heavy (non-hydrogen) atoms. The van der Waals surface area contributed by atoms with E-state index in [1.807, 2.05) is 0 Å². The van der Waals surface area contributed by atoms with Crippen LogP contribution in [-0.4, -0.2) is 31.4 Å². The molecule has 120 valence electrons. The number of rotatable bonds is 4. The van der Waals surface area contributed by atoms with Gasteiger partial charge in [0, 0.05) is 6.20 Å². The van der Waals surface area contributed by atoms with Gasteiger partial charge in [0.2, 0.25) is 10.0 Å². The lowest BCUT2D eigenvalue weighted by Crippen LogP contribution is -2.15. The monoisotopic (exact) mass is 353 g/mol. The Hall–Kier alpha value is -2.50. The maximum Gasteiger partial charge on any atom is 0.261 e. The number of pyridine rings is 1. The lowest BCUT2D eigenvalue weighted by molar-refractivity contribution is 0.595. The van der Waals surface area contributed by atoms with Crippen LogP contribution in [0.1, 0.15) is 0 Å². The van der Waals surface area contributed by atoms with E-state index in [-0.39, 0.29) is 9.79 Å². The van der Waals surface area contributed by atoms with E-state index >= 15 is 0 Å². The Morgan fingerprint density at radius 1 is 0.957 bits per heavy atom. The molecule has 0 aliphatic carbocycles. The molecule has 3 N–H and O–H groups in total. The number of anilines is 1. The zero-order chi connectivity index (χ0) is 16.7. The molecule has 0 radical (unpaired) electrons. The average Bonchev–Trinajstić information content (AvgIpc) is 2.93. The van der Waals surface area contributed by atoms with Gasteiger partial charge in [0.15, 0.2) is 5.65 Å². The van der Waals surface area contributed by atoms with Gasteiger partial charge in [-0.25, -0.2) is 22.0 Å². The minimum absolute atomic E-state index is 0.0891. The van der Waals surface area contributed by atoms with Gasteiger partial charge in [0.25, 0.3) is 10.0 Å². The first-order valence-electron chi connectivity index (χ1n) is 6.21. The molecule has 1 aromatic carbocycles. The van der Waals surface area contributed by atoms with Crippen LogP contribution in [0.3, 0.4) is 0 Å². The number of hydrogen-bond acceptors (Lipinski definition) is 6. The van der Waals surface area contributed by atoms with Crippen LogP contribution >= 0.6 is 0 Å². The summed E-state index contributed by atoms with van der Waals surface area (Å²) in [6, 6.07) is 7.74.